The van der Waals surface area contributed by atoms with Gasteiger partial charge in [-0.3, -0.25) is 19.7 Å². The van der Waals surface area contributed by atoms with Gasteiger partial charge in [0.05, 0.1) is 0 Å². The standard InChI is InChI=1S/C14H15ClN2O4/c1-8-5-10(3-4-11(8)15)21-7-13(19)17-6-12(18)16-14(20)9(17)2/h3-5,9H,6-7H2,1-2H3,(H,16,18,20). The first kappa shape index (κ1) is 15.3. The third kappa shape index (κ3) is 3.52. The molecule has 1 aliphatic rings. The van der Waals surface area contributed by atoms with E-state index in [4.69, 9.17) is 16.3 Å². The van der Waals surface area contributed by atoms with Crippen molar-refractivity contribution in [2.75, 3.05) is 13.2 Å². The fraction of sp³-hybridized carbons (Fsp3) is 0.357. The Kier molecular flexibility index (Phi) is 4.47. The Morgan fingerprint density at radius 3 is 2.86 bits per heavy atom. The molecule has 0 saturated carbocycles. The third-order valence-corrected chi connectivity index (χ3v) is 3.66. The molecule has 1 fully saturated rings. The molecule has 7 heteroatoms. The van der Waals surface area contributed by atoms with Crippen LogP contribution in [0.15, 0.2) is 18.2 Å². The quantitative estimate of drug-likeness (QED) is 0.842. The fourth-order valence-electron chi connectivity index (χ4n) is 1.95. The van der Waals surface area contributed by atoms with Gasteiger partial charge in [0.25, 0.3) is 5.91 Å². The molecule has 0 aliphatic carbocycles. The lowest BCUT2D eigenvalue weighted by atomic mass is 10.2. The van der Waals surface area contributed by atoms with Crippen LogP contribution in [0, 0.1) is 6.92 Å². The van der Waals surface area contributed by atoms with E-state index in [9.17, 15) is 14.4 Å². The van der Waals surface area contributed by atoms with Crippen LogP contribution in [0.1, 0.15) is 12.5 Å². The molecule has 112 valence electrons. The lowest BCUT2D eigenvalue weighted by Gasteiger charge is -2.31. The van der Waals surface area contributed by atoms with Gasteiger partial charge >= 0.3 is 0 Å². The zero-order valence-electron chi connectivity index (χ0n) is 11.7. The summed E-state index contributed by atoms with van der Waals surface area (Å²) in [6.07, 6.45) is 0. The maximum absolute atomic E-state index is 12.1. The zero-order valence-corrected chi connectivity index (χ0v) is 12.4. The molecule has 0 bridgehead atoms. The molecule has 1 N–H and O–H groups in total. The second-order valence-corrected chi connectivity index (χ2v) is 5.22. The van der Waals surface area contributed by atoms with Crippen LogP contribution < -0.4 is 10.1 Å². The minimum Gasteiger partial charge on any atom is -0.484 e. The monoisotopic (exact) mass is 310 g/mol. The van der Waals surface area contributed by atoms with Crippen molar-refractivity contribution in [3.05, 3.63) is 28.8 Å². The van der Waals surface area contributed by atoms with Crippen LogP contribution in [-0.2, 0) is 14.4 Å². The molecule has 0 spiro atoms. The Labute approximate surface area is 127 Å². The number of imide groups is 1. The first-order chi connectivity index (χ1) is 9.88. The summed E-state index contributed by atoms with van der Waals surface area (Å²) < 4.78 is 5.38. The second kappa shape index (κ2) is 6.13. The molecule has 1 aromatic rings. The van der Waals surface area contributed by atoms with Crippen molar-refractivity contribution >= 4 is 29.3 Å². The van der Waals surface area contributed by atoms with Crippen LogP contribution in [0.3, 0.4) is 0 Å². The number of nitrogens with one attached hydrogen (secondary N) is 1. The topological polar surface area (TPSA) is 75.7 Å². The Bertz CT molecular complexity index is 603. The SMILES string of the molecule is Cc1cc(OCC(=O)N2CC(=O)NC(=O)C2C)ccc1Cl. The van der Waals surface area contributed by atoms with E-state index in [0.717, 1.165) is 5.56 Å². The Balaban J connectivity index is 1.99. The van der Waals surface area contributed by atoms with Crippen molar-refractivity contribution in [1.29, 1.82) is 0 Å². The predicted molar refractivity (Wildman–Crippen MR) is 76.0 cm³/mol. The number of hydrogen-bond donors (Lipinski definition) is 1. The molecule has 1 unspecified atom stereocenters. The number of amides is 3. The summed E-state index contributed by atoms with van der Waals surface area (Å²) in [5.41, 5.74) is 0.836. The van der Waals surface area contributed by atoms with Gasteiger partial charge in [-0.15, -0.1) is 0 Å². The van der Waals surface area contributed by atoms with Crippen LogP contribution in [0.25, 0.3) is 0 Å². The molecule has 1 aromatic carbocycles. The van der Waals surface area contributed by atoms with E-state index in [1.807, 2.05) is 6.92 Å². The number of aryl methyl sites for hydroxylation is 1. The van der Waals surface area contributed by atoms with Crippen LogP contribution in [0.5, 0.6) is 5.75 Å². The zero-order chi connectivity index (χ0) is 15.6. The molecule has 21 heavy (non-hydrogen) atoms. The van der Waals surface area contributed by atoms with Crippen LogP contribution in [0.4, 0.5) is 0 Å². The first-order valence-electron chi connectivity index (χ1n) is 6.40. The number of carbonyl (C=O) groups excluding carboxylic acids is 3. The molecule has 0 aromatic heterocycles. The summed E-state index contributed by atoms with van der Waals surface area (Å²) in [6, 6.07) is 4.36. The highest BCUT2D eigenvalue weighted by molar-refractivity contribution is 6.31. The van der Waals surface area contributed by atoms with E-state index in [1.54, 1.807) is 25.1 Å². The summed E-state index contributed by atoms with van der Waals surface area (Å²) in [4.78, 5) is 36.1. The van der Waals surface area contributed by atoms with Crippen molar-refractivity contribution in [1.82, 2.24) is 10.2 Å². The number of hydrogen-bond acceptors (Lipinski definition) is 4. The number of rotatable bonds is 3. The van der Waals surface area contributed by atoms with Gasteiger partial charge in [-0.05, 0) is 37.6 Å². The van der Waals surface area contributed by atoms with Gasteiger partial charge in [-0.2, -0.15) is 0 Å². The molecule has 1 atom stereocenters. The predicted octanol–water partition coefficient (Wildman–Crippen LogP) is 0.901. The molecule has 1 heterocycles. The average molecular weight is 311 g/mol. The van der Waals surface area contributed by atoms with E-state index in [-0.39, 0.29) is 13.2 Å². The molecule has 1 saturated heterocycles. The number of carbonyl (C=O) groups is 3. The maximum Gasteiger partial charge on any atom is 0.261 e. The largest absolute Gasteiger partial charge is 0.484 e. The summed E-state index contributed by atoms with van der Waals surface area (Å²) >= 11 is 5.90. The highest BCUT2D eigenvalue weighted by Gasteiger charge is 2.33. The smallest absolute Gasteiger partial charge is 0.261 e. The molecular formula is C14H15ClN2O4. The van der Waals surface area contributed by atoms with E-state index >= 15 is 0 Å². The highest BCUT2D eigenvalue weighted by atomic mass is 35.5. The van der Waals surface area contributed by atoms with E-state index < -0.39 is 23.8 Å². The first-order valence-corrected chi connectivity index (χ1v) is 6.78. The Hall–Kier alpha value is -2.08. The summed E-state index contributed by atoms with van der Waals surface area (Å²) in [6.45, 7) is 3.00. The Morgan fingerprint density at radius 2 is 2.19 bits per heavy atom. The number of nitrogens with zero attached hydrogens (tertiary/aromatic N) is 1. The number of benzene rings is 1. The van der Waals surface area contributed by atoms with E-state index in [2.05, 4.69) is 5.32 Å². The van der Waals surface area contributed by atoms with Crippen molar-refractivity contribution in [2.24, 2.45) is 0 Å². The third-order valence-electron chi connectivity index (χ3n) is 3.24. The number of piperazine rings is 1. The molecule has 6 nitrogen and oxygen atoms in total. The van der Waals surface area contributed by atoms with Crippen molar-refractivity contribution < 1.29 is 19.1 Å². The lowest BCUT2D eigenvalue weighted by Crippen LogP contribution is -2.59. The Morgan fingerprint density at radius 1 is 1.48 bits per heavy atom. The van der Waals surface area contributed by atoms with Gasteiger partial charge < -0.3 is 9.64 Å². The van der Waals surface area contributed by atoms with Crippen LogP contribution >= 0.6 is 11.6 Å². The summed E-state index contributed by atoms with van der Waals surface area (Å²) in [7, 11) is 0. The molecular weight excluding hydrogens is 296 g/mol. The van der Waals surface area contributed by atoms with Crippen LogP contribution in [-0.4, -0.2) is 41.8 Å². The molecule has 1 aliphatic heterocycles. The molecule has 2 rings (SSSR count). The fourth-order valence-corrected chi connectivity index (χ4v) is 2.07. The molecule has 0 radical (unpaired) electrons. The van der Waals surface area contributed by atoms with Crippen molar-refractivity contribution in [3.63, 3.8) is 0 Å². The van der Waals surface area contributed by atoms with Gasteiger partial charge in [0, 0.05) is 5.02 Å². The van der Waals surface area contributed by atoms with Gasteiger partial charge in [0.2, 0.25) is 11.8 Å². The van der Waals surface area contributed by atoms with Crippen molar-refractivity contribution in [2.45, 2.75) is 19.9 Å². The normalized spacial score (nSPS) is 18.4. The number of halogens is 1. The molecule has 3 amide bonds. The maximum atomic E-state index is 12.1. The minimum atomic E-state index is -0.689. The highest BCUT2D eigenvalue weighted by Crippen LogP contribution is 2.21. The minimum absolute atomic E-state index is 0.144. The second-order valence-electron chi connectivity index (χ2n) is 4.81. The van der Waals surface area contributed by atoms with Gasteiger partial charge in [-0.25, -0.2) is 0 Å². The summed E-state index contributed by atoms with van der Waals surface area (Å²) in [5.74, 6) is -0.889. The van der Waals surface area contributed by atoms with Gasteiger partial charge in [0.1, 0.15) is 18.3 Å². The van der Waals surface area contributed by atoms with Gasteiger partial charge in [0.15, 0.2) is 6.61 Å². The van der Waals surface area contributed by atoms with Crippen LogP contribution in [0.2, 0.25) is 5.02 Å². The van der Waals surface area contributed by atoms with E-state index in [0.29, 0.717) is 10.8 Å². The lowest BCUT2D eigenvalue weighted by molar-refractivity contribution is -0.150. The van der Waals surface area contributed by atoms with Crippen molar-refractivity contribution in [3.8, 4) is 5.75 Å². The number of ether oxygens (including phenoxy) is 1. The van der Waals surface area contributed by atoms with Gasteiger partial charge in [-0.1, -0.05) is 11.6 Å². The average Bonchev–Trinajstić information content (AvgIpc) is 2.43. The summed E-state index contributed by atoms with van der Waals surface area (Å²) in [5, 5.41) is 2.79. The van der Waals surface area contributed by atoms with E-state index in [1.165, 1.54) is 4.90 Å².